The summed E-state index contributed by atoms with van der Waals surface area (Å²) in [6.45, 7) is 4.69. The van der Waals surface area contributed by atoms with Gasteiger partial charge in [0.1, 0.15) is 5.82 Å². The number of nitrogens with zero attached hydrogens (tertiary/aromatic N) is 3. The molecule has 188 valence electrons. The zero-order valence-electron chi connectivity index (χ0n) is 21.2. The minimum atomic E-state index is 0.276. The van der Waals surface area contributed by atoms with Crippen molar-refractivity contribution in [1.29, 1.82) is 0 Å². The van der Waals surface area contributed by atoms with Crippen molar-refractivity contribution < 1.29 is 0 Å². The number of pyridine rings is 1. The summed E-state index contributed by atoms with van der Waals surface area (Å²) in [5.74, 6) is 1.01. The Labute approximate surface area is 222 Å². The number of aryl methyl sites for hydroxylation is 1. The minimum absolute atomic E-state index is 0.276. The highest BCUT2D eigenvalue weighted by Gasteiger charge is 2.28. The molecule has 0 amide bonds. The van der Waals surface area contributed by atoms with Crippen LogP contribution in [0.4, 0.5) is 0 Å². The van der Waals surface area contributed by atoms with Gasteiger partial charge in [0.2, 0.25) is 0 Å². The van der Waals surface area contributed by atoms with E-state index in [1.54, 1.807) is 11.3 Å². The largest absolute Gasteiger partial charge is 0.341 e. The Morgan fingerprint density at radius 3 is 2.86 bits per heavy atom. The van der Waals surface area contributed by atoms with Crippen LogP contribution >= 0.6 is 11.3 Å². The molecule has 5 nitrogen and oxygen atoms in total. The Hall–Kier alpha value is -3.32. The summed E-state index contributed by atoms with van der Waals surface area (Å²) in [5, 5.41) is 8.05. The van der Waals surface area contributed by atoms with Crippen molar-refractivity contribution in [3.63, 3.8) is 0 Å². The standard InChI is InChI=1S/C31H33N5S/c1-22(26-14-16-37-21-26)33-18-23-7-4-8-24(17-23)19-36(20-30-34-27-11-2-3-12-28(27)35-30)29-13-5-9-25-10-6-15-32-31(25)29/h2-4,6-8,10-12,14-17,21-22,29,33H,5,9,13,18-20H2,1H3,(H,34,35). The van der Waals surface area contributed by atoms with Gasteiger partial charge in [-0.1, -0.05) is 42.5 Å². The summed E-state index contributed by atoms with van der Waals surface area (Å²) in [6, 6.07) is 24.4. The van der Waals surface area contributed by atoms with Gasteiger partial charge in [-0.25, -0.2) is 4.98 Å². The number of aromatic amines is 1. The summed E-state index contributed by atoms with van der Waals surface area (Å²) in [4.78, 5) is 15.9. The van der Waals surface area contributed by atoms with Crippen LogP contribution in [0, 0.1) is 0 Å². The van der Waals surface area contributed by atoms with Crippen LogP contribution in [0.3, 0.4) is 0 Å². The van der Waals surface area contributed by atoms with Crippen LogP contribution in [0.25, 0.3) is 11.0 Å². The lowest BCUT2D eigenvalue weighted by atomic mass is 9.90. The Bertz CT molecular complexity index is 1420. The lowest BCUT2D eigenvalue weighted by Crippen LogP contribution is -2.32. The van der Waals surface area contributed by atoms with Crippen molar-refractivity contribution >= 4 is 22.4 Å². The fourth-order valence-electron chi connectivity index (χ4n) is 5.47. The van der Waals surface area contributed by atoms with Crippen LogP contribution in [0.5, 0.6) is 0 Å². The lowest BCUT2D eigenvalue weighted by molar-refractivity contribution is 0.153. The number of imidazole rings is 1. The number of H-pyrrole nitrogens is 1. The van der Waals surface area contributed by atoms with E-state index in [2.05, 4.69) is 93.5 Å². The van der Waals surface area contributed by atoms with E-state index in [1.807, 2.05) is 12.3 Å². The second kappa shape index (κ2) is 11.0. The fourth-order valence-corrected chi connectivity index (χ4v) is 6.23. The number of hydrogen-bond acceptors (Lipinski definition) is 5. The zero-order valence-corrected chi connectivity index (χ0v) is 22.0. The monoisotopic (exact) mass is 507 g/mol. The molecule has 0 spiro atoms. The molecular weight excluding hydrogens is 474 g/mol. The smallest absolute Gasteiger partial charge is 0.121 e. The highest BCUT2D eigenvalue weighted by atomic mass is 32.1. The molecule has 5 aromatic rings. The quantitative estimate of drug-likeness (QED) is 0.227. The van der Waals surface area contributed by atoms with Gasteiger partial charge in [0, 0.05) is 25.3 Å². The molecule has 2 unspecified atom stereocenters. The number of hydrogen-bond donors (Lipinski definition) is 2. The van der Waals surface area contributed by atoms with Crippen molar-refractivity contribution in [3.8, 4) is 0 Å². The van der Waals surface area contributed by atoms with Gasteiger partial charge >= 0.3 is 0 Å². The van der Waals surface area contributed by atoms with Gasteiger partial charge in [-0.2, -0.15) is 11.3 Å². The van der Waals surface area contributed by atoms with Gasteiger partial charge in [0.25, 0.3) is 0 Å². The van der Waals surface area contributed by atoms with E-state index in [4.69, 9.17) is 9.97 Å². The summed E-state index contributed by atoms with van der Waals surface area (Å²) in [7, 11) is 0. The van der Waals surface area contributed by atoms with Crippen LogP contribution in [-0.2, 0) is 26.1 Å². The molecular formula is C31H33N5S. The molecule has 6 heteroatoms. The number of aromatic nitrogens is 3. The molecule has 2 aromatic carbocycles. The fraction of sp³-hybridized carbons (Fsp3) is 0.290. The second-order valence-electron chi connectivity index (χ2n) is 10.0. The molecule has 0 fully saturated rings. The molecule has 0 saturated heterocycles. The first kappa shape index (κ1) is 24.0. The van der Waals surface area contributed by atoms with Gasteiger partial charge in [-0.15, -0.1) is 0 Å². The van der Waals surface area contributed by atoms with Crippen molar-refractivity contribution in [2.75, 3.05) is 0 Å². The first-order chi connectivity index (χ1) is 18.2. The van der Waals surface area contributed by atoms with E-state index in [9.17, 15) is 0 Å². The van der Waals surface area contributed by atoms with Gasteiger partial charge in [-0.3, -0.25) is 9.88 Å². The van der Waals surface area contributed by atoms with E-state index in [0.29, 0.717) is 6.04 Å². The third kappa shape index (κ3) is 5.52. The summed E-state index contributed by atoms with van der Waals surface area (Å²) in [5.41, 5.74) is 8.70. The van der Waals surface area contributed by atoms with Gasteiger partial charge in [0.05, 0.1) is 29.3 Å². The Balaban J connectivity index is 1.25. The maximum absolute atomic E-state index is 4.91. The number of fused-ring (bicyclic) bond motifs is 2. The van der Waals surface area contributed by atoms with E-state index >= 15 is 0 Å². The number of nitrogens with one attached hydrogen (secondary N) is 2. The Morgan fingerprint density at radius 2 is 1.97 bits per heavy atom. The van der Waals surface area contributed by atoms with E-state index in [0.717, 1.165) is 49.3 Å². The summed E-state index contributed by atoms with van der Waals surface area (Å²) < 4.78 is 0. The summed E-state index contributed by atoms with van der Waals surface area (Å²) >= 11 is 1.75. The number of para-hydroxylation sites is 2. The van der Waals surface area contributed by atoms with E-state index in [1.165, 1.54) is 34.4 Å². The van der Waals surface area contributed by atoms with Gasteiger partial charge in [0.15, 0.2) is 0 Å². The SMILES string of the molecule is CC(NCc1cccc(CN(Cc2nc3ccccc3[nH]2)C2CCCc3cccnc32)c1)c1ccsc1. The minimum Gasteiger partial charge on any atom is -0.341 e. The molecule has 1 aliphatic carbocycles. The van der Waals surface area contributed by atoms with Crippen LogP contribution < -0.4 is 5.32 Å². The predicted molar refractivity (Wildman–Crippen MR) is 151 cm³/mol. The summed E-state index contributed by atoms with van der Waals surface area (Å²) in [6.07, 6.45) is 5.35. The van der Waals surface area contributed by atoms with Crippen LogP contribution in [0.2, 0.25) is 0 Å². The molecule has 2 atom stereocenters. The number of benzene rings is 2. The maximum Gasteiger partial charge on any atom is 0.121 e. The first-order valence-electron chi connectivity index (χ1n) is 13.2. The van der Waals surface area contributed by atoms with Crippen molar-refractivity contribution in [2.45, 2.75) is 57.9 Å². The van der Waals surface area contributed by atoms with Crippen molar-refractivity contribution in [3.05, 3.63) is 117 Å². The molecule has 37 heavy (non-hydrogen) atoms. The topological polar surface area (TPSA) is 56.8 Å². The molecule has 3 heterocycles. The molecule has 2 N–H and O–H groups in total. The zero-order chi connectivity index (χ0) is 25.0. The van der Waals surface area contributed by atoms with E-state index in [-0.39, 0.29) is 6.04 Å². The molecule has 3 aromatic heterocycles. The highest BCUT2D eigenvalue weighted by Crippen LogP contribution is 2.34. The van der Waals surface area contributed by atoms with Crippen LogP contribution in [-0.4, -0.2) is 19.9 Å². The third-order valence-corrected chi connectivity index (χ3v) is 8.13. The van der Waals surface area contributed by atoms with Crippen LogP contribution in [0.15, 0.2) is 83.7 Å². The molecule has 0 aliphatic heterocycles. The van der Waals surface area contributed by atoms with Crippen molar-refractivity contribution in [1.82, 2.24) is 25.2 Å². The van der Waals surface area contributed by atoms with Crippen molar-refractivity contribution in [2.24, 2.45) is 0 Å². The lowest BCUT2D eigenvalue weighted by Gasteiger charge is -2.34. The highest BCUT2D eigenvalue weighted by molar-refractivity contribution is 7.07. The molecule has 1 aliphatic rings. The Kier molecular flexibility index (Phi) is 7.13. The van der Waals surface area contributed by atoms with Crippen LogP contribution in [0.1, 0.15) is 65.6 Å². The molecule has 0 radical (unpaired) electrons. The third-order valence-electron chi connectivity index (χ3n) is 7.43. The van der Waals surface area contributed by atoms with Gasteiger partial charge < -0.3 is 10.3 Å². The normalized spacial score (nSPS) is 16.2. The average Bonchev–Trinajstić information content (AvgIpc) is 3.61. The molecule has 0 bridgehead atoms. The second-order valence-corrected chi connectivity index (χ2v) is 10.8. The Morgan fingerprint density at radius 1 is 1.05 bits per heavy atom. The number of rotatable bonds is 9. The number of thiophene rings is 1. The molecule has 0 saturated carbocycles. The van der Waals surface area contributed by atoms with Gasteiger partial charge in [-0.05, 0) is 83.5 Å². The molecule has 6 rings (SSSR count). The van der Waals surface area contributed by atoms with E-state index < -0.39 is 0 Å². The maximum atomic E-state index is 4.91. The predicted octanol–water partition coefficient (Wildman–Crippen LogP) is 6.95. The first-order valence-corrected chi connectivity index (χ1v) is 14.1. The average molecular weight is 508 g/mol.